The number of para-hydroxylation sites is 2. The van der Waals surface area contributed by atoms with Crippen LogP contribution in [-0.4, -0.2) is 56.5 Å². The molecule has 1 aromatic carbocycles. The van der Waals surface area contributed by atoms with Gasteiger partial charge in [-0.1, -0.05) is 56.3 Å². The summed E-state index contributed by atoms with van der Waals surface area (Å²) in [5.74, 6) is 0.388. The van der Waals surface area contributed by atoms with Crippen molar-refractivity contribution in [2.45, 2.75) is 109 Å². The van der Waals surface area contributed by atoms with Gasteiger partial charge in [-0.3, -0.25) is 9.69 Å². The molecule has 8 heteroatoms. The number of carboxylic acid groups (broad SMARTS) is 1. The van der Waals surface area contributed by atoms with Gasteiger partial charge in [0.1, 0.15) is 7.11 Å². The van der Waals surface area contributed by atoms with E-state index in [9.17, 15) is 14.7 Å². The van der Waals surface area contributed by atoms with Gasteiger partial charge in [0, 0.05) is 24.2 Å². The van der Waals surface area contributed by atoms with Crippen LogP contribution in [0.3, 0.4) is 0 Å². The lowest BCUT2D eigenvalue weighted by Crippen LogP contribution is -2.55. The minimum absolute atomic E-state index is 0.0413. The summed E-state index contributed by atoms with van der Waals surface area (Å²) in [6, 6.07) is 8.82. The molecule has 1 aromatic heterocycles. The summed E-state index contributed by atoms with van der Waals surface area (Å²) in [4.78, 5) is 37.9. The quantitative estimate of drug-likeness (QED) is 0.387. The highest BCUT2D eigenvalue weighted by atomic mass is 16.6. The van der Waals surface area contributed by atoms with Crippen LogP contribution in [0.1, 0.15) is 96.2 Å². The van der Waals surface area contributed by atoms with Crippen molar-refractivity contribution in [3.63, 3.8) is 0 Å². The van der Waals surface area contributed by atoms with Crippen LogP contribution in [-0.2, 0) is 9.63 Å². The number of piperidine rings is 1. The minimum atomic E-state index is -1.33. The third-order valence-electron chi connectivity index (χ3n) is 9.25. The maximum Gasteiger partial charge on any atom is 0.360 e. The van der Waals surface area contributed by atoms with Gasteiger partial charge in [0.2, 0.25) is 5.71 Å². The highest BCUT2D eigenvalue weighted by Crippen LogP contribution is 2.44. The van der Waals surface area contributed by atoms with Gasteiger partial charge in [0.05, 0.1) is 11.0 Å². The summed E-state index contributed by atoms with van der Waals surface area (Å²) >= 11 is 0. The molecule has 2 heterocycles. The van der Waals surface area contributed by atoms with Crippen molar-refractivity contribution in [2.75, 3.05) is 7.11 Å². The lowest BCUT2D eigenvalue weighted by atomic mass is 9.75. The number of hydrogen-bond donors (Lipinski definition) is 1. The molecule has 38 heavy (non-hydrogen) atoms. The van der Waals surface area contributed by atoms with Crippen LogP contribution in [0.4, 0.5) is 0 Å². The van der Waals surface area contributed by atoms with E-state index >= 15 is 0 Å². The zero-order chi connectivity index (χ0) is 26.8. The fourth-order valence-corrected chi connectivity index (χ4v) is 7.93. The van der Waals surface area contributed by atoms with E-state index in [1.54, 1.807) is 0 Å². The van der Waals surface area contributed by atoms with Crippen molar-refractivity contribution in [1.29, 1.82) is 0 Å². The van der Waals surface area contributed by atoms with Crippen LogP contribution in [0.15, 0.2) is 34.2 Å². The largest absolute Gasteiger partial charge is 0.476 e. The number of rotatable bonds is 7. The van der Waals surface area contributed by atoms with E-state index < -0.39 is 17.2 Å². The van der Waals surface area contributed by atoms with E-state index in [1.165, 1.54) is 52.1 Å². The third kappa shape index (κ3) is 5.24. The number of hydrogen-bond acceptors (Lipinski definition) is 6. The molecule has 0 amide bonds. The van der Waals surface area contributed by atoms with Gasteiger partial charge >= 0.3 is 5.97 Å². The van der Waals surface area contributed by atoms with Crippen molar-refractivity contribution in [2.24, 2.45) is 17.0 Å². The average molecular weight is 523 g/mol. The number of aromatic nitrogens is 2. The number of likely N-dealkylation sites (tertiary alicyclic amines) is 1. The number of carboxylic acids is 1. The molecule has 5 rings (SSSR count). The number of benzene rings is 1. The van der Waals surface area contributed by atoms with Crippen molar-refractivity contribution in [1.82, 2.24) is 14.5 Å². The predicted molar refractivity (Wildman–Crippen MR) is 149 cm³/mol. The molecule has 1 aliphatic heterocycles. The van der Waals surface area contributed by atoms with Crippen LogP contribution >= 0.6 is 0 Å². The Balaban J connectivity index is 1.53. The van der Waals surface area contributed by atoms with E-state index in [-0.39, 0.29) is 11.7 Å². The lowest BCUT2D eigenvalue weighted by molar-refractivity contribution is -0.129. The lowest BCUT2D eigenvalue weighted by Gasteiger charge is -2.51. The van der Waals surface area contributed by atoms with Gasteiger partial charge in [-0.25, -0.2) is 9.78 Å². The number of carbonyl (C=O) groups is 1. The number of oxime groups is 1. The molecular formula is C30H42N4O4. The number of nitrogens with zero attached hydrogens (tertiary/aromatic N) is 4. The SMILES string of the molecule is CCCC1CC(n2c(=O)c(/C(=N/OC)C(=O)O)nc3ccccc32)CC(C)N1C1CC2CCCCC(C2)C1. The molecule has 8 nitrogen and oxygen atoms in total. The summed E-state index contributed by atoms with van der Waals surface area (Å²) < 4.78 is 1.81. The van der Waals surface area contributed by atoms with Gasteiger partial charge in [-0.2, -0.15) is 0 Å². The first-order chi connectivity index (χ1) is 18.4. The molecule has 2 bridgehead atoms. The first-order valence-corrected chi connectivity index (χ1v) is 14.5. The molecule has 2 saturated carbocycles. The molecule has 0 spiro atoms. The maximum absolute atomic E-state index is 13.9. The van der Waals surface area contributed by atoms with E-state index in [2.05, 4.69) is 28.9 Å². The standard InChI is InChI=1S/C30H42N4O4/c1-4-9-22-18-23(14-19(2)33(22)24-16-20-10-5-6-11-21(15-20)17-24)34-26-13-8-7-12-25(26)31-27(29(34)35)28(30(36)37)32-38-3/h7-8,12-13,19-24H,4-6,9-11,14-18H2,1-3H3,(H,36,37)/b32-28-. The van der Waals surface area contributed by atoms with Crippen molar-refractivity contribution >= 4 is 22.7 Å². The Hall–Kier alpha value is -2.74. The normalized spacial score (nSPS) is 30.7. The molecule has 0 radical (unpaired) electrons. The van der Waals surface area contributed by atoms with E-state index in [1.807, 2.05) is 28.8 Å². The van der Waals surface area contributed by atoms with Gasteiger partial charge in [0.25, 0.3) is 5.56 Å². The molecule has 5 unspecified atom stereocenters. The van der Waals surface area contributed by atoms with Crippen LogP contribution < -0.4 is 5.56 Å². The summed E-state index contributed by atoms with van der Waals surface area (Å²) in [7, 11) is 1.27. The molecule has 2 aromatic rings. The fraction of sp³-hybridized carbons (Fsp3) is 0.667. The van der Waals surface area contributed by atoms with Crippen molar-refractivity contribution < 1.29 is 14.7 Å². The average Bonchev–Trinajstić information content (AvgIpc) is 3.06. The predicted octanol–water partition coefficient (Wildman–Crippen LogP) is 5.38. The van der Waals surface area contributed by atoms with Crippen LogP contribution in [0.25, 0.3) is 11.0 Å². The van der Waals surface area contributed by atoms with Gasteiger partial charge in [-0.05, 0) is 69.4 Å². The first kappa shape index (κ1) is 26.9. The second kappa shape index (κ2) is 11.6. The highest BCUT2D eigenvalue weighted by molar-refractivity contribution is 6.41. The van der Waals surface area contributed by atoms with Crippen LogP contribution in [0.5, 0.6) is 0 Å². The Kier molecular flexibility index (Phi) is 8.17. The monoisotopic (exact) mass is 522 g/mol. The molecule has 2 aliphatic carbocycles. The van der Waals surface area contributed by atoms with Gasteiger partial charge in [-0.15, -0.1) is 0 Å². The first-order valence-electron chi connectivity index (χ1n) is 14.5. The molecule has 3 aliphatic rings. The summed E-state index contributed by atoms with van der Waals surface area (Å²) in [5, 5.41) is 13.4. The van der Waals surface area contributed by atoms with Gasteiger partial charge in [0.15, 0.2) is 5.69 Å². The molecule has 5 atom stereocenters. The molecule has 1 N–H and O–H groups in total. The van der Waals surface area contributed by atoms with E-state index in [4.69, 9.17) is 4.84 Å². The molecular weight excluding hydrogens is 480 g/mol. The Morgan fingerprint density at radius 2 is 1.79 bits per heavy atom. The second-order valence-corrected chi connectivity index (χ2v) is 11.8. The summed E-state index contributed by atoms with van der Waals surface area (Å²) in [6.07, 6.45) is 13.5. The number of fused-ring (bicyclic) bond motifs is 3. The highest BCUT2D eigenvalue weighted by Gasteiger charge is 2.42. The third-order valence-corrected chi connectivity index (χ3v) is 9.25. The van der Waals surface area contributed by atoms with E-state index in [0.717, 1.165) is 43.0 Å². The second-order valence-electron chi connectivity index (χ2n) is 11.8. The van der Waals surface area contributed by atoms with Crippen molar-refractivity contribution in [3.05, 3.63) is 40.3 Å². The zero-order valence-electron chi connectivity index (χ0n) is 23.0. The van der Waals surface area contributed by atoms with Crippen LogP contribution in [0, 0.1) is 11.8 Å². The Bertz CT molecular complexity index is 1230. The van der Waals surface area contributed by atoms with Gasteiger partial charge < -0.3 is 14.5 Å². The minimum Gasteiger partial charge on any atom is -0.476 e. The van der Waals surface area contributed by atoms with Crippen molar-refractivity contribution in [3.8, 4) is 0 Å². The maximum atomic E-state index is 13.9. The smallest absolute Gasteiger partial charge is 0.360 e. The summed E-state index contributed by atoms with van der Waals surface area (Å²) in [6.45, 7) is 4.58. The Labute approximate surface area is 225 Å². The molecule has 3 fully saturated rings. The topological polar surface area (TPSA) is 97.0 Å². The van der Waals surface area contributed by atoms with E-state index in [0.29, 0.717) is 23.6 Å². The molecule has 1 saturated heterocycles. The fourth-order valence-electron chi connectivity index (χ4n) is 7.93. The zero-order valence-corrected chi connectivity index (χ0v) is 23.0. The summed E-state index contributed by atoms with van der Waals surface area (Å²) in [5.41, 5.74) is 0.291. The number of aliphatic carboxylic acids is 1. The Morgan fingerprint density at radius 3 is 2.45 bits per heavy atom. The Morgan fingerprint density at radius 1 is 1.08 bits per heavy atom. The molecule has 206 valence electrons. The van der Waals surface area contributed by atoms with Crippen LogP contribution in [0.2, 0.25) is 0 Å².